The van der Waals surface area contributed by atoms with Crippen molar-refractivity contribution in [2.45, 2.75) is 26.2 Å². The lowest BCUT2D eigenvalue weighted by Gasteiger charge is -2.26. The number of Topliss-reactive ketones (excluding diaryl/α,β-unsaturated/α-hetero) is 1. The van der Waals surface area contributed by atoms with E-state index in [-0.39, 0.29) is 23.5 Å². The van der Waals surface area contributed by atoms with E-state index in [0.29, 0.717) is 28.2 Å². The Hall–Kier alpha value is -3.67. The third kappa shape index (κ3) is 2.60. The highest BCUT2D eigenvalue weighted by Gasteiger charge is 2.39. The molecule has 2 aromatic carbocycles. The van der Waals surface area contributed by atoms with Crippen LogP contribution in [-0.4, -0.2) is 16.7 Å². The van der Waals surface area contributed by atoms with Gasteiger partial charge < -0.3 is 14.5 Å². The fraction of sp³-hybridized carbons (Fsp3) is 0.174. The fourth-order valence-corrected chi connectivity index (χ4v) is 4.01. The molecule has 3 aromatic rings. The number of hydrogen-bond acceptors (Lipinski definition) is 5. The fourth-order valence-electron chi connectivity index (χ4n) is 4.01. The van der Waals surface area contributed by atoms with Gasteiger partial charge in [0, 0.05) is 22.6 Å². The molecule has 144 valence electrons. The first kappa shape index (κ1) is 17.4. The number of para-hydroxylation sites is 1. The van der Waals surface area contributed by atoms with Crippen LogP contribution in [0.25, 0.3) is 10.9 Å². The van der Waals surface area contributed by atoms with E-state index in [4.69, 9.17) is 9.47 Å². The van der Waals surface area contributed by atoms with Gasteiger partial charge in [-0.25, -0.2) is 0 Å². The van der Waals surface area contributed by atoms with Gasteiger partial charge >= 0.3 is 5.97 Å². The summed E-state index contributed by atoms with van der Waals surface area (Å²) in [7, 11) is 0. The molecule has 0 saturated carbocycles. The predicted octanol–water partition coefficient (Wildman–Crippen LogP) is 3.84. The van der Waals surface area contributed by atoms with Crippen LogP contribution < -0.4 is 15.0 Å². The van der Waals surface area contributed by atoms with Gasteiger partial charge in [0.2, 0.25) is 5.78 Å². The number of hydrogen-bond donors (Lipinski definition) is 1. The maximum Gasteiger partial charge on any atom is 0.312 e. The van der Waals surface area contributed by atoms with E-state index in [0.717, 1.165) is 16.5 Å². The summed E-state index contributed by atoms with van der Waals surface area (Å²) in [4.78, 5) is 40.7. The van der Waals surface area contributed by atoms with Crippen molar-refractivity contribution in [1.82, 2.24) is 4.98 Å². The van der Waals surface area contributed by atoms with Crippen molar-refractivity contribution in [2.75, 3.05) is 0 Å². The molecular weight excluding hydrogens is 370 g/mol. The summed E-state index contributed by atoms with van der Waals surface area (Å²) in [5.41, 5.74) is 2.62. The number of allylic oxidation sites excluding steroid dienone is 2. The second-order valence-electron chi connectivity index (χ2n) is 7.49. The molecule has 2 aliphatic heterocycles. The number of esters is 1. The van der Waals surface area contributed by atoms with Crippen molar-refractivity contribution >= 4 is 22.7 Å². The van der Waals surface area contributed by atoms with Crippen LogP contribution in [0.3, 0.4) is 0 Å². The smallest absolute Gasteiger partial charge is 0.312 e. The van der Waals surface area contributed by atoms with Crippen LogP contribution in [0, 0.1) is 0 Å². The highest BCUT2D eigenvalue weighted by Crippen LogP contribution is 2.48. The maximum atomic E-state index is 12.9. The lowest BCUT2D eigenvalue weighted by Crippen LogP contribution is -2.26. The number of aromatic amines is 1. The van der Waals surface area contributed by atoms with Crippen LogP contribution >= 0.6 is 0 Å². The molecule has 0 fully saturated rings. The molecule has 1 N–H and O–H groups in total. The van der Waals surface area contributed by atoms with Gasteiger partial charge in [0.05, 0.1) is 12.0 Å². The minimum absolute atomic E-state index is 0.00736. The number of carbonyl (C=O) groups excluding carboxylic acids is 2. The van der Waals surface area contributed by atoms with Gasteiger partial charge in [0.25, 0.3) is 5.56 Å². The van der Waals surface area contributed by atoms with Crippen molar-refractivity contribution in [2.24, 2.45) is 0 Å². The van der Waals surface area contributed by atoms with E-state index >= 15 is 0 Å². The quantitative estimate of drug-likeness (QED) is 0.390. The van der Waals surface area contributed by atoms with Crippen LogP contribution in [0.2, 0.25) is 0 Å². The normalized spacial score (nSPS) is 17.6. The summed E-state index contributed by atoms with van der Waals surface area (Å²) in [6, 6.07) is 12.4. The first-order chi connectivity index (χ1) is 13.9. The van der Waals surface area contributed by atoms with E-state index in [2.05, 4.69) is 4.98 Å². The van der Waals surface area contributed by atoms with Crippen LogP contribution in [0.4, 0.5) is 0 Å². The van der Waals surface area contributed by atoms with Crippen LogP contribution in [0.15, 0.2) is 58.6 Å². The summed E-state index contributed by atoms with van der Waals surface area (Å²) in [5.74, 6) is -0.239. The lowest BCUT2D eigenvalue weighted by atomic mass is 9.85. The van der Waals surface area contributed by atoms with E-state index < -0.39 is 11.9 Å². The Labute approximate surface area is 165 Å². The van der Waals surface area contributed by atoms with Crippen molar-refractivity contribution < 1.29 is 19.1 Å². The van der Waals surface area contributed by atoms with Crippen molar-refractivity contribution in [3.8, 4) is 11.5 Å². The monoisotopic (exact) mass is 387 g/mol. The summed E-state index contributed by atoms with van der Waals surface area (Å²) < 4.78 is 11.3. The topological polar surface area (TPSA) is 85.5 Å². The number of nitrogens with one attached hydrogen (secondary N) is 1. The van der Waals surface area contributed by atoms with Crippen molar-refractivity contribution in [1.29, 1.82) is 0 Å². The minimum atomic E-state index is -0.570. The van der Waals surface area contributed by atoms with Gasteiger partial charge in [-0.1, -0.05) is 18.2 Å². The minimum Gasteiger partial charge on any atom is -0.452 e. The summed E-state index contributed by atoms with van der Waals surface area (Å²) >= 11 is 0. The molecule has 0 amide bonds. The Balaban J connectivity index is 1.76. The molecule has 5 rings (SSSR count). The number of rotatable bonds is 1. The first-order valence-electron chi connectivity index (χ1n) is 9.33. The molecule has 2 aliphatic rings. The van der Waals surface area contributed by atoms with E-state index in [1.165, 1.54) is 0 Å². The molecule has 29 heavy (non-hydrogen) atoms. The average molecular weight is 387 g/mol. The standard InChI is InChI=1S/C23H17NO5/c1-11(2)21-20(26)13-7-8-17-19(22(13)29-21)14(10-18(25)28-17)15-9-12-5-3-4-6-16(12)24-23(15)27/h3-9,14H,10H2,1-2H3,(H,24,27). The maximum absolute atomic E-state index is 12.9. The number of benzene rings is 2. The molecule has 3 heterocycles. The SMILES string of the molecule is CC(C)=C1Oc2c(ccc3c2C(c2cc4ccccc4[nH]c2=O)CC(=O)O3)C1=O. The van der Waals surface area contributed by atoms with Gasteiger partial charge in [-0.15, -0.1) is 0 Å². The number of ether oxygens (including phenoxy) is 2. The Kier molecular flexibility index (Phi) is 3.71. The third-order valence-corrected chi connectivity index (χ3v) is 5.37. The number of pyridine rings is 1. The molecule has 6 heteroatoms. The zero-order valence-corrected chi connectivity index (χ0v) is 15.9. The highest BCUT2D eigenvalue weighted by atomic mass is 16.5. The van der Waals surface area contributed by atoms with Gasteiger partial charge in [-0.05, 0) is 49.1 Å². The molecular formula is C23H17NO5. The number of aromatic nitrogens is 1. The molecule has 0 radical (unpaired) electrons. The largest absolute Gasteiger partial charge is 0.452 e. The van der Waals surface area contributed by atoms with Crippen molar-refractivity contribution in [3.63, 3.8) is 0 Å². The zero-order valence-electron chi connectivity index (χ0n) is 15.9. The zero-order chi connectivity index (χ0) is 20.3. The van der Waals surface area contributed by atoms with Crippen LogP contribution in [0.5, 0.6) is 11.5 Å². The molecule has 6 nitrogen and oxygen atoms in total. The molecule has 0 aliphatic carbocycles. The van der Waals surface area contributed by atoms with Crippen LogP contribution in [0.1, 0.15) is 47.7 Å². The molecule has 0 saturated heterocycles. The van der Waals surface area contributed by atoms with E-state index in [1.807, 2.05) is 24.3 Å². The summed E-state index contributed by atoms with van der Waals surface area (Å²) in [6.07, 6.45) is -0.00736. The van der Waals surface area contributed by atoms with Gasteiger partial charge in [-0.3, -0.25) is 14.4 Å². The molecule has 1 atom stereocenters. The number of H-pyrrole nitrogens is 1. The Morgan fingerprint density at radius 3 is 2.62 bits per heavy atom. The Morgan fingerprint density at radius 1 is 1.03 bits per heavy atom. The second kappa shape index (κ2) is 6.17. The third-order valence-electron chi connectivity index (χ3n) is 5.37. The Morgan fingerprint density at radius 2 is 1.83 bits per heavy atom. The van der Waals surface area contributed by atoms with E-state index in [1.54, 1.807) is 32.0 Å². The summed E-state index contributed by atoms with van der Waals surface area (Å²) in [5, 5.41) is 0.858. The molecule has 1 unspecified atom stereocenters. The van der Waals surface area contributed by atoms with Crippen molar-refractivity contribution in [3.05, 3.63) is 80.8 Å². The lowest BCUT2D eigenvalue weighted by molar-refractivity contribution is -0.135. The van der Waals surface area contributed by atoms with Gasteiger partial charge in [-0.2, -0.15) is 0 Å². The molecule has 0 bridgehead atoms. The van der Waals surface area contributed by atoms with Gasteiger partial charge in [0.1, 0.15) is 11.5 Å². The molecule has 1 aromatic heterocycles. The average Bonchev–Trinajstić information content (AvgIpc) is 3.03. The number of ketones is 1. The predicted molar refractivity (Wildman–Crippen MR) is 106 cm³/mol. The van der Waals surface area contributed by atoms with E-state index in [9.17, 15) is 14.4 Å². The number of carbonyl (C=O) groups is 2. The number of fused-ring (bicyclic) bond motifs is 4. The summed E-state index contributed by atoms with van der Waals surface area (Å²) in [6.45, 7) is 3.61. The Bertz CT molecular complexity index is 1310. The first-order valence-corrected chi connectivity index (χ1v) is 9.33. The van der Waals surface area contributed by atoms with Gasteiger partial charge in [0.15, 0.2) is 5.76 Å². The highest BCUT2D eigenvalue weighted by molar-refractivity contribution is 6.13. The second-order valence-corrected chi connectivity index (χ2v) is 7.49. The van der Waals surface area contributed by atoms with Crippen LogP contribution in [-0.2, 0) is 4.79 Å². The molecule has 0 spiro atoms.